The molecular weight excluding hydrogens is 212 g/mol. The van der Waals surface area contributed by atoms with E-state index < -0.39 is 0 Å². The molecule has 1 atom stereocenters. The Bertz CT molecular complexity index is 558. The smallest absolute Gasteiger partial charge is 0.136 e. The predicted molar refractivity (Wildman–Crippen MR) is 69.6 cm³/mol. The van der Waals surface area contributed by atoms with Gasteiger partial charge in [-0.3, -0.25) is 4.79 Å². The monoisotopic (exact) mass is 228 g/mol. The van der Waals surface area contributed by atoms with E-state index in [0.29, 0.717) is 0 Å². The maximum absolute atomic E-state index is 11.4. The molecule has 0 N–H and O–H groups in total. The molecular formula is C15H16O2. The largest absolute Gasteiger partial charge is 0.497 e. The molecule has 0 amide bonds. The summed E-state index contributed by atoms with van der Waals surface area (Å²) < 4.78 is 5.18. The summed E-state index contributed by atoms with van der Waals surface area (Å²) in [5, 5.41) is 2.26. The number of rotatable bonds is 3. The summed E-state index contributed by atoms with van der Waals surface area (Å²) in [6.45, 7) is 3.57. The molecule has 0 saturated heterocycles. The molecule has 0 radical (unpaired) electrons. The van der Waals surface area contributed by atoms with Crippen LogP contribution in [0.2, 0.25) is 0 Å². The topological polar surface area (TPSA) is 26.3 Å². The maximum Gasteiger partial charge on any atom is 0.136 e. The highest BCUT2D eigenvalue weighted by Gasteiger charge is 2.10. The zero-order valence-corrected chi connectivity index (χ0v) is 10.4. The molecule has 0 aromatic heterocycles. The van der Waals surface area contributed by atoms with E-state index in [-0.39, 0.29) is 11.7 Å². The zero-order chi connectivity index (χ0) is 12.4. The highest BCUT2D eigenvalue weighted by atomic mass is 16.5. The Morgan fingerprint density at radius 2 is 1.76 bits per heavy atom. The van der Waals surface area contributed by atoms with Crippen LogP contribution in [-0.2, 0) is 4.79 Å². The van der Waals surface area contributed by atoms with E-state index in [2.05, 4.69) is 6.07 Å². The van der Waals surface area contributed by atoms with Gasteiger partial charge in [0.25, 0.3) is 0 Å². The van der Waals surface area contributed by atoms with Gasteiger partial charge in [0.15, 0.2) is 0 Å². The van der Waals surface area contributed by atoms with Crippen LogP contribution in [0.5, 0.6) is 5.75 Å². The first kappa shape index (κ1) is 11.6. The lowest BCUT2D eigenvalue weighted by Gasteiger charge is -2.09. The van der Waals surface area contributed by atoms with Crippen LogP contribution in [0.15, 0.2) is 36.4 Å². The van der Waals surface area contributed by atoms with Crippen molar-refractivity contribution in [2.45, 2.75) is 19.8 Å². The van der Waals surface area contributed by atoms with E-state index in [0.717, 1.165) is 22.1 Å². The van der Waals surface area contributed by atoms with Crippen molar-refractivity contribution >= 4 is 16.6 Å². The number of hydrogen-bond acceptors (Lipinski definition) is 2. The Labute approximate surface area is 101 Å². The zero-order valence-electron chi connectivity index (χ0n) is 10.4. The van der Waals surface area contributed by atoms with Crippen molar-refractivity contribution in [2.75, 3.05) is 7.11 Å². The third-order valence-corrected chi connectivity index (χ3v) is 3.18. The summed E-state index contributed by atoms with van der Waals surface area (Å²) in [4.78, 5) is 11.4. The lowest BCUT2D eigenvalue weighted by atomic mass is 9.95. The van der Waals surface area contributed by atoms with Gasteiger partial charge in [-0.05, 0) is 35.4 Å². The number of hydrogen-bond donors (Lipinski definition) is 0. The number of Topliss-reactive ketones (excluding diaryl/α,β-unsaturated/α-hetero) is 1. The van der Waals surface area contributed by atoms with Crippen LogP contribution < -0.4 is 4.74 Å². The number of fused-ring (bicyclic) bond motifs is 1. The van der Waals surface area contributed by atoms with Crippen molar-refractivity contribution in [1.29, 1.82) is 0 Å². The molecule has 0 aliphatic heterocycles. The van der Waals surface area contributed by atoms with Crippen molar-refractivity contribution in [3.63, 3.8) is 0 Å². The molecule has 0 spiro atoms. The standard InChI is InChI=1S/C15H16O2/c1-10(11(2)16)12-4-5-14-9-15(17-3)7-6-13(14)8-12/h4-10H,1-3H3/t10-/m1/s1. The lowest BCUT2D eigenvalue weighted by Crippen LogP contribution is -2.03. The fourth-order valence-corrected chi connectivity index (χ4v) is 1.87. The second kappa shape index (κ2) is 4.58. The Balaban J connectivity index is 2.48. The Morgan fingerprint density at radius 1 is 1.12 bits per heavy atom. The predicted octanol–water partition coefficient (Wildman–Crippen LogP) is 3.54. The highest BCUT2D eigenvalue weighted by molar-refractivity contribution is 5.88. The van der Waals surface area contributed by atoms with Gasteiger partial charge in [-0.1, -0.05) is 31.2 Å². The normalized spacial score (nSPS) is 12.4. The highest BCUT2D eigenvalue weighted by Crippen LogP contribution is 2.25. The van der Waals surface area contributed by atoms with E-state index in [1.54, 1.807) is 14.0 Å². The molecule has 2 aromatic carbocycles. The van der Waals surface area contributed by atoms with E-state index >= 15 is 0 Å². The first-order chi connectivity index (χ1) is 8.11. The Morgan fingerprint density at radius 3 is 2.41 bits per heavy atom. The molecule has 2 heteroatoms. The van der Waals surface area contributed by atoms with Crippen LogP contribution >= 0.6 is 0 Å². The summed E-state index contributed by atoms with van der Waals surface area (Å²) in [5.41, 5.74) is 1.06. The minimum Gasteiger partial charge on any atom is -0.497 e. The van der Waals surface area contributed by atoms with Gasteiger partial charge >= 0.3 is 0 Å². The Kier molecular flexibility index (Phi) is 3.14. The summed E-state index contributed by atoms with van der Waals surface area (Å²) in [5.74, 6) is 1.00. The molecule has 0 heterocycles. The second-order valence-electron chi connectivity index (χ2n) is 4.30. The molecule has 17 heavy (non-hydrogen) atoms. The molecule has 2 nitrogen and oxygen atoms in total. The summed E-state index contributed by atoms with van der Waals surface area (Å²) >= 11 is 0. The number of carbonyl (C=O) groups is 1. The average Bonchev–Trinajstić information content (AvgIpc) is 2.36. The molecule has 2 aromatic rings. The van der Waals surface area contributed by atoms with Gasteiger partial charge < -0.3 is 4.74 Å². The molecule has 0 unspecified atom stereocenters. The average molecular weight is 228 g/mol. The fraction of sp³-hybridized carbons (Fsp3) is 0.267. The fourth-order valence-electron chi connectivity index (χ4n) is 1.87. The van der Waals surface area contributed by atoms with Crippen LogP contribution in [0.1, 0.15) is 25.3 Å². The second-order valence-corrected chi connectivity index (χ2v) is 4.30. The number of carbonyl (C=O) groups excluding carboxylic acids is 1. The molecule has 88 valence electrons. The first-order valence-electron chi connectivity index (χ1n) is 5.70. The molecule has 0 bridgehead atoms. The minimum atomic E-state index is -0.0403. The number of benzene rings is 2. The van der Waals surface area contributed by atoms with Crippen molar-refractivity contribution in [1.82, 2.24) is 0 Å². The Hall–Kier alpha value is -1.83. The van der Waals surface area contributed by atoms with Crippen LogP contribution in [0.3, 0.4) is 0 Å². The van der Waals surface area contributed by atoms with Gasteiger partial charge in [-0.2, -0.15) is 0 Å². The third-order valence-electron chi connectivity index (χ3n) is 3.18. The van der Waals surface area contributed by atoms with Gasteiger partial charge in [-0.15, -0.1) is 0 Å². The van der Waals surface area contributed by atoms with E-state index in [1.807, 2.05) is 37.3 Å². The molecule has 0 aliphatic carbocycles. The van der Waals surface area contributed by atoms with E-state index in [9.17, 15) is 4.79 Å². The maximum atomic E-state index is 11.4. The molecule has 0 fully saturated rings. The van der Waals surface area contributed by atoms with E-state index in [4.69, 9.17) is 4.74 Å². The van der Waals surface area contributed by atoms with Crippen LogP contribution in [0.25, 0.3) is 10.8 Å². The van der Waals surface area contributed by atoms with Crippen LogP contribution in [0.4, 0.5) is 0 Å². The van der Waals surface area contributed by atoms with Gasteiger partial charge in [0.05, 0.1) is 7.11 Å². The van der Waals surface area contributed by atoms with Crippen LogP contribution in [0, 0.1) is 0 Å². The minimum absolute atomic E-state index is 0.0403. The number of ether oxygens (including phenoxy) is 1. The number of methoxy groups -OCH3 is 1. The first-order valence-corrected chi connectivity index (χ1v) is 5.70. The van der Waals surface area contributed by atoms with Crippen LogP contribution in [-0.4, -0.2) is 12.9 Å². The van der Waals surface area contributed by atoms with E-state index in [1.165, 1.54) is 0 Å². The van der Waals surface area contributed by atoms with Gasteiger partial charge in [0.2, 0.25) is 0 Å². The summed E-state index contributed by atoms with van der Waals surface area (Å²) in [6, 6.07) is 12.1. The SMILES string of the molecule is COc1ccc2cc([C@H](C)C(C)=O)ccc2c1. The summed E-state index contributed by atoms with van der Waals surface area (Å²) in [7, 11) is 1.66. The quantitative estimate of drug-likeness (QED) is 0.803. The molecule has 0 saturated carbocycles. The number of ketones is 1. The summed E-state index contributed by atoms with van der Waals surface area (Å²) in [6.07, 6.45) is 0. The van der Waals surface area contributed by atoms with Crippen molar-refractivity contribution in [2.24, 2.45) is 0 Å². The van der Waals surface area contributed by atoms with Gasteiger partial charge in [0.1, 0.15) is 11.5 Å². The van der Waals surface area contributed by atoms with Crippen molar-refractivity contribution in [3.8, 4) is 5.75 Å². The van der Waals surface area contributed by atoms with Gasteiger partial charge in [0, 0.05) is 5.92 Å². The van der Waals surface area contributed by atoms with Gasteiger partial charge in [-0.25, -0.2) is 0 Å². The van der Waals surface area contributed by atoms with Crippen molar-refractivity contribution in [3.05, 3.63) is 42.0 Å². The lowest BCUT2D eigenvalue weighted by molar-refractivity contribution is -0.118. The van der Waals surface area contributed by atoms with Crippen molar-refractivity contribution < 1.29 is 9.53 Å². The molecule has 2 rings (SSSR count). The third kappa shape index (κ3) is 2.31. The molecule has 0 aliphatic rings.